The zero-order valence-electron chi connectivity index (χ0n) is 9.77. The minimum atomic E-state index is -3.68. The number of halogens is 3. The predicted molar refractivity (Wildman–Crippen MR) is 65.4 cm³/mol. The minimum absolute atomic E-state index is 0.0541. The normalized spacial score (nSPS) is 11.2. The largest absolute Gasteiger partial charge is 0.362 e. The van der Waals surface area contributed by atoms with Crippen molar-refractivity contribution in [2.45, 2.75) is 11.4 Å². The van der Waals surface area contributed by atoms with Crippen LogP contribution in [0.5, 0.6) is 5.88 Å². The predicted octanol–water partition coefficient (Wildman–Crippen LogP) is 2.98. The monoisotopic (exact) mass is 313 g/mol. The van der Waals surface area contributed by atoms with Crippen molar-refractivity contribution in [3.05, 3.63) is 30.1 Å². The van der Waals surface area contributed by atoms with E-state index in [1.54, 1.807) is 0 Å². The molecule has 106 valence electrons. The molecule has 0 N–H and O–H groups in total. The first-order valence-electron chi connectivity index (χ1n) is 4.97. The molecule has 0 radical (unpaired) electrons. The Hall–Kier alpha value is -1.22. The molecule has 0 atom stereocenters. The van der Waals surface area contributed by atoms with Crippen molar-refractivity contribution in [2.24, 2.45) is 0 Å². The first-order valence-corrected chi connectivity index (χ1v) is 7.77. The van der Waals surface area contributed by atoms with Gasteiger partial charge in [-0.05, 0) is 6.07 Å². The van der Waals surface area contributed by atoms with Crippen molar-refractivity contribution < 1.29 is 25.8 Å². The second-order valence-electron chi connectivity index (χ2n) is 3.37. The molecule has 4 nitrogen and oxygen atoms in total. The van der Waals surface area contributed by atoms with Crippen LogP contribution in [-0.2, 0) is 10.1 Å². The highest BCUT2D eigenvalue weighted by atomic mass is 32.2. The lowest BCUT2D eigenvalue weighted by Gasteiger charge is -2.04. The second kappa shape index (κ2) is 6.80. The summed E-state index contributed by atoms with van der Waals surface area (Å²) < 4.78 is 62.4. The molecule has 0 saturated heterocycles. The van der Waals surface area contributed by atoms with Crippen LogP contribution >= 0.6 is 11.8 Å². The molecule has 0 aliphatic rings. The summed E-state index contributed by atoms with van der Waals surface area (Å²) in [4.78, 5) is 3.84. The molecule has 0 bridgehead atoms. The molecule has 0 saturated carbocycles. The van der Waals surface area contributed by atoms with E-state index in [1.807, 2.05) is 0 Å². The van der Waals surface area contributed by atoms with E-state index in [9.17, 15) is 21.6 Å². The van der Waals surface area contributed by atoms with Gasteiger partial charge >= 0.3 is 16.2 Å². The number of allylic oxidation sites excluding steroid dienone is 1. The molecule has 1 rings (SSSR count). The Morgan fingerprint density at radius 1 is 1.37 bits per heavy atom. The molecule has 19 heavy (non-hydrogen) atoms. The quantitative estimate of drug-likeness (QED) is 0.597. The van der Waals surface area contributed by atoms with Gasteiger partial charge in [-0.2, -0.15) is 17.2 Å². The van der Waals surface area contributed by atoms with Crippen molar-refractivity contribution in [3.8, 4) is 5.88 Å². The van der Waals surface area contributed by atoms with Crippen molar-refractivity contribution in [1.82, 2.24) is 4.98 Å². The molecule has 0 aromatic carbocycles. The average molecular weight is 313 g/mol. The standard InChI is InChI=1S/C10H10F3NO3S2/c1-19(15,16)17-8-3-2-4-9(14-8)18-6-5-7(11)10(12)13/h2-4H,5-6H2,1H3. The fraction of sp³-hybridized carbons (Fsp3) is 0.300. The van der Waals surface area contributed by atoms with Crippen LogP contribution in [0.4, 0.5) is 13.2 Å². The van der Waals surface area contributed by atoms with E-state index in [4.69, 9.17) is 0 Å². The summed E-state index contributed by atoms with van der Waals surface area (Å²) in [5.74, 6) is -1.53. The van der Waals surface area contributed by atoms with Gasteiger partial charge in [0.1, 0.15) is 5.03 Å². The van der Waals surface area contributed by atoms with Gasteiger partial charge in [0.05, 0.1) is 6.26 Å². The topological polar surface area (TPSA) is 56.3 Å². The highest BCUT2D eigenvalue weighted by Crippen LogP contribution is 2.23. The third-order valence-electron chi connectivity index (χ3n) is 1.71. The van der Waals surface area contributed by atoms with Gasteiger partial charge in [-0.15, -0.1) is 11.8 Å². The van der Waals surface area contributed by atoms with Crippen LogP contribution in [0.2, 0.25) is 0 Å². The Bertz CT molecular complexity index is 571. The minimum Gasteiger partial charge on any atom is -0.362 e. The first-order chi connectivity index (χ1) is 8.78. The van der Waals surface area contributed by atoms with Crippen LogP contribution in [0.15, 0.2) is 35.1 Å². The number of pyridine rings is 1. The molecule has 0 aliphatic carbocycles. The summed E-state index contributed by atoms with van der Waals surface area (Å²) in [6.45, 7) is 0. The highest BCUT2D eigenvalue weighted by Gasteiger charge is 2.08. The molecular weight excluding hydrogens is 303 g/mol. The lowest BCUT2D eigenvalue weighted by atomic mass is 10.4. The fourth-order valence-corrected chi connectivity index (χ4v) is 2.24. The molecule has 0 fully saturated rings. The number of hydrogen-bond acceptors (Lipinski definition) is 5. The van der Waals surface area contributed by atoms with Crippen LogP contribution in [0.25, 0.3) is 0 Å². The number of rotatable bonds is 6. The van der Waals surface area contributed by atoms with Crippen molar-refractivity contribution in [3.63, 3.8) is 0 Å². The van der Waals surface area contributed by atoms with E-state index in [2.05, 4.69) is 9.17 Å². The third kappa shape index (κ3) is 6.48. The summed E-state index contributed by atoms with van der Waals surface area (Å²) in [6, 6.07) is 4.37. The number of thioether (sulfide) groups is 1. The molecule has 0 spiro atoms. The molecule has 0 amide bonds. The van der Waals surface area contributed by atoms with E-state index in [0.717, 1.165) is 18.0 Å². The summed E-state index contributed by atoms with van der Waals surface area (Å²) in [5, 5.41) is 0.355. The number of hydrogen-bond donors (Lipinski definition) is 0. The molecule has 9 heteroatoms. The fourth-order valence-electron chi connectivity index (χ4n) is 1.02. The summed E-state index contributed by atoms with van der Waals surface area (Å²) >= 11 is 1.01. The maximum absolute atomic E-state index is 12.5. The third-order valence-corrected chi connectivity index (χ3v) is 3.12. The Labute approximate surface area is 112 Å². The van der Waals surface area contributed by atoms with E-state index in [0.29, 0.717) is 5.03 Å². The Balaban J connectivity index is 2.61. The maximum Gasteiger partial charge on any atom is 0.307 e. The van der Waals surface area contributed by atoms with Gasteiger partial charge in [0.2, 0.25) is 5.88 Å². The van der Waals surface area contributed by atoms with Crippen LogP contribution in [0.3, 0.4) is 0 Å². The molecule has 1 heterocycles. The first kappa shape index (κ1) is 15.8. The summed E-state index contributed by atoms with van der Waals surface area (Å²) in [6.07, 6.45) is -1.88. The summed E-state index contributed by atoms with van der Waals surface area (Å²) in [5.41, 5.74) is 0. The van der Waals surface area contributed by atoms with E-state index in [-0.39, 0.29) is 11.6 Å². The maximum atomic E-state index is 12.5. The van der Waals surface area contributed by atoms with Gasteiger partial charge in [0, 0.05) is 18.2 Å². The van der Waals surface area contributed by atoms with Gasteiger partial charge in [-0.3, -0.25) is 0 Å². The number of nitrogens with zero attached hydrogens (tertiary/aromatic N) is 1. The van der Waals surface area contributed by atoms with Gasteiger partial charge < -0.3 is 4.18 Å². The van der Waals surface area contributed by atoms with E-state index >= 15 is 0 Å². The van der Waals surface area contributed by atoms with Crippen molar-refractivity contribution in [2.75, 3.05) is 12.0 Å². The van der Waals surface area contributed by atoms with Gasteiger partial charge in [0.15, 0.2) is 5.83 Å². The molecule has 1 aromatic heterocycles. The SMILES string of the molecule is CS(=O)(=O)Oc1cccc(SCCC(F)=C(F)F)n1. The molecular formula is C10H10F3NO3S2. The number of aromatic nitrogens is 1. The van der Waals surface area contributed by atoms with Crippen LogP contribution in [0, 0.1) is 0 Å². The van der Waals surface area contributed by atoms with E-state index < -0.39 is 28.4 Å². The Morgan fingerprint density at radius 3 is 2.63 bits per heavy atom. The Kier molecular flexibility index (Phi) is 5.67. The second-order valence-corrected chi connectivity index (χ2v) is 6.06. The van der Waals surface area contributed by atoms with Gasteiger partial charge in [0.25, 0.3) is 0 Å². The molecule has 0 aliphatic heterocycles. The van der Waals surface area contributed by atoms with Crippen LogP contribution in [0.1, 0.15) is 6.42 Å². The van der Waals surface area contributed by atoms with Crippen LogP contribution < -0.4 is 4.18 Å². The van der Waals surface area contributed by atoms with Crippen molar-refractivity contribution >= 4 is 21.9 Å². The smallest absolute Gasteiger partial charge is 0.307 e. The van der Waals surface area contributed by atoms with E-state index in [1.165, 1.54) is 18.2 Å². The zero-order chi connectivity index (χ0) is 14.5. The van der Waals surface area contributed by atoms with Crippen LogP contribution in [-0.4, -0.2) is 25.4 Å². The highest BCUT2D eigenvalue weighted by molar-refractivity contribution is 7.99. The summed E-state index contributed by atoms with van der Waals surface area (Å²) in [7, 11) is -3.68. The van der Waals surface area contributed by atoms with Crippen molar-refractivity contribution in [1.29, 1.82) is 0 Å². The lowest BCUT2D eigenvalue weighted by molar-refractivity contribution is 0.373. The van der Waals surface area contributed by atoms with Gasteiger partial charge in [-0.25, -0.2) is 9.37 Å². The Morgan fingerprint density at radius 2 is 2.05 bits per heavy atom. The molecule has 1 aromatic rings. The zero-order valence-corrected chi connectivity index (χ0v) is 11.4. The molecule has 0 unspecified atom stereocenters. The average Bonchev–Trinajstić information content (AvgIpc) is 2.26. The van der Waals surface area contributed by atoms with Gasteiger partial charge in [-0.1, -0.05) is 6.07 Å². The lowest BCUT2D eigenvalue weighted by Crippen LogP contribution is -2.07.